The van der Waals surface area contributed by atoms with E-state index in [1.807, 2.05) is 0 Å². The summed E-state index contributed by atoms with van der Waals surface area (Å²) in [5, 5.41) is -0.477. The van der Waals surface area contributed by atoms with Crippen LogP contribution in [0.1, 0.15) is 5.82 Å². The first-order valence-corrected chi connectivity index (χ1v) is 6.88. The van der Waals surface area contributed by atoms with E-state index in [1.165, 1.54) is 18.2 Å². The Kier molecular flexibility index (Phi) is 3.87. The van der Waals surface area contributed by atoms with Crippen LogP contribution in [0.4, 0.5) is 13.2 Å². The van der Waals surface area contributed by atoms with Gasteiger partial charge in [-0.25, -0.2) is 18.2 Å². The van der Waals surface area contributed by atoms with Gasteiger partial charge in [0, 0.05) is 6.42 Å². The topological polar surface area (TPSA) is 60.9 Å². The van der Waals surface area contributed by atoms with E-state index in [2.05, 4.69) is 4.98 Å². The summed E-state index contributed by atoms with van der Waals surface area (Å²) in [5.74, 6) is -2.11. The van der Waals surface area contributed by atoms with Crippen molar-refractivity contribution in [2.75, 3.05) is 6.54 Å². The van der Waals surface area contributed by atoms with E-state index >= 15 is 0 Å². The molecule has 0 aliphatic rings. The first-order chi connectivity index (χ1) is 11.0. The lowest BCUT2D eigenvalue weighted by Gasteiger charge is -2.13. The minimum Gasteiger partial charge on any atom is -0.330 e. The van der Waals surface area contributed by atoms with E-state index in [9.17, 15) is 18.0 Å². The predicted octanol–water partition coefficient (Wildman–Crippen LogP) is 2.30. The second kappa shape index (κ2) is 5.85. The summed E-state index contributed by atoms with van der Waals surface area (Å²) in [6.07, 6.45) is 0.150. The lowest BCUT2D eigenvalue weighted by atomic mass is 10.2. The number of rotatable bonds is 3. The molecule has 2 N–H and O–H groups in total. The molecule has 4 nitrogen and oxygen atoms in total. The Morgan fingerprint density at radius 1 is 1.09 bits per heavy atom. The molecule has 3 aromatic rings. The van der Waals surface area contributed by atoms with Crippen molar-refractivity contribution in [1.82, 2.24) is 9.55 Å². The third-order valence-corrected chi connectivity index (χ3v) is 3.43. The van der Waals surface area contributed by atoms with E-state index < -0.39 is 28.4 Å². The summed E-state index contributed by atoms with van der Waals surface area (Å²) < 4.78 is 42.4. The van der Waals surface area contributed by atoms with Crippen LogP contribution in [0.3, 0.4) is 0 Å². The molecular weight excluding hydrogens is 307 g/mol. The van der Waals surface area contributed by atoms with Crippen LogP contribution in [-0.2, 0) is 6.42 Å². The van der Waals surface area contributed by atoms with Crippen LogP contribution in [0.5, 0.6) is 0 Å². The molecule has 7 heteroatoms. The molecule has 0 saturated heterocycles. The van der Waals surface area contributed by atoms with Gasteiger partial charge >= 0.3 is 0 Å². The van der Waals surface area contributed by atoms with Crippen molar-refractivity contribution in [3.05, 3.63) is 70.0 Å². The molecule has 0 unspecified atom stereocenters. The standard InChI is InChI=1S/C16H12F3N3O/c17-9-2-1-3-10(8-9)22-13(6-7-20)21-15-12(19)5-4-11(18)14(15)16(22)23/h1-5,8H,6-7,20H2. The molecule has 0 aliphatic carbocycles. The highest BCUT2D eigenvalue weighted by molar-refractivity contribution is 5.79. The number of benzene rings is 2. The van der Waals surface area contributed by atoms with Crippen LogP contribution in [-0.4, -0.2) is 16.1 Å². The highest BCUT2D eigenvalue weighted by Crippen LogP contribution is 2.19. The molecule has 0 atom stereocenters. The van der Waals surface area contributed by atoms with Crippen LogP contribution in [0.15, 0.2) is 41.2 Å². The Bertz CT molecular complexity index is 953. The molecule has 118 valence electrons. The first-order valence-electron chi connectivity index (χ1n) is 6.88. The number of halogens is 3. The Morgan fingerprint density at radius 3 is 2.52 bits per heavy atom. The van der Waals surface area contributed by atoms with E-state index in [1.54, 1.807) is 0 Å². The molecule has 0 saturated carbocycles. The van der Waals surface area contributed by atoms with E-state index in [-0.39, 0.29) is 30.0 Å². The van der Waals surface area contributed by atoms with E-state index in [0.29, 0.717) is 0 Å². The minimum atomic E-state index is -0.886. The van der Waals surface area contributed by atoms with Gasteiger partial charge in [-0.15, -0.1) is 0 Å². The molecule has 1 aromatic heterocycles. The van der Waals surface area contributed by atoms with Crippen LogP contribution >= 0.6 is 0 Å². The van der Waals surface area contributed by atoms with Crippen molar-refractivity contribution in [3.63, 3.8) is 0 Å². The summed E-state index contributed by atoms with van der Waals surface area (Å²) >= 11 is 0. The summed E-state index contributed by atoms with van der Waals surface area (Å²) in [6, 6.07) is 6.99. The number of hydrogen-bond acceptors (Lipinski definition) is 3. The second-order valence-electron chi connectivity index (χ2n) is 4.94. The Hall–Kier alpha value is -2.67. The van der Waals surface area contributed by atoms with Gasteiger partial charge in [-0.05, 0) is 36.9 Å². The van der Waals surface area contributed by atoms with Gasteiger partial charge in [0.2, 0.25) is 0 Å². The molecule has 0 aliphatic heterocycles. The minimum absolute atomic E-state index is 0.139. The maximum atomic E-state index is 14.0. The van der Waals surface area contributed by atoms with Crippen molar-refractivity contribution in [1.29, 1.82) is 0 Å². The first kappa shape index (κ1) is 15.2. The van der Waals surface area contributed by atoms with Gasteiger partial charge in [0.25, 0.3) is 5.56 Å². The fourth-order valence-corrected chi connectivity index (χ4v) is 2.44. The molecule has 1 heterocycles. The molecule has 0 amide bonds. The Labute approximate surface area is 129 Å². The number of fused-ring (bicyclic) bond motifs is 1. The third-order valence-electron chi connectivity index (χ3n) is 3.43. The Balaban J connectivity index is 2.44. The summed E-state index contributed by atoms with van der Waals surface area (Å²) in [6.45, 7) is 0.143. The molecule has 23 heavy (non-hydrogen) atoms. The van der Waals surface area contributed by atoms with Gasteiger partial charge in [-0.3, -0.25) is 9.36 Å². The monoisotopic (exact) mass is 319 g/mol. The fourth-order valence-electron chi connectivity index (χ4n) is 2.44. The fraction of sp³-hybridized carbons (Fsp3) is 0.125. The van der Waals surface area contributed by atoms with E-state index in [0.717, 1.165) is 22.8 Å². The highest BCUT2D eigenvalue weighted by Gasteiger charge is 2.18. The van der Waals surface area contributed by atoms with Crippen LogP contribution in [0.2, 0.25) is 0 Å². The molecule has 0 fully saturated rings. The van der Waals surface area contributed by atoms with Crippen LogP contribution in [0, 0.1) is 17.5 Å². The second-order valence-corrected chi connectivity index (χ2v) is 4.94. The maximum Gasteiger partial charge on any atom is 0.269 e. The molecule has 2 aromatic carbocycles. The molecule has 3 rings (SSSR count). The summed E-state index contributed by atoms with van der Waals surface area (Å²) in [5.41, 5.74) is 4.52. The molecule has 0 spiro atoms. The number of hydrogen-bond donors (Lipinski definition) is 1. The lowest BCUT2D eigenvalue weighted by Crippen LogP contribution is -2.26. The lowest BCUT2D eigenvalue weighted by molar-refractivity contribution is 0.609. The third kappa shape index (κ3) is 2.59. The summed E-state index contributed by atoms with van der Waals surface area (Å²) in [4.78, 5) is 16.7. The zero-order valence-electron chi connectivity index (χ0n) is 11.9. The molecule has 0 radical (unpaired) electrons. The van der Waals surface area contributed by atoms with Gasteiger partial charge in [-0.1, -0.05) is 6.07 Å². The van der Waals surface area contributed by atoms with Crippen LogP contribution in [0.25, 0.3) is 16.6 Å². The largest absolute Gasteiger partial charge is 0.330 e. The van der Waals surface area contributed by atoms with Gasteiger partial charge < -0.3 is 5.73 Å². The molecular formula is C16H12F3N3O. The average molecular weight is 319 g/mol. The zero-order chi connectivity index (χ0) is 16.6. The average Bonchev–Trinajstić information content (AvgIpc) is 2.51. The SMILES string of the molecule is NCCc1nc2c(F)ccc(F)c2c(=O)n1-c1cccc(F)c1. The smallest absolute Gasteiger partial charge is 0.269 e. The van der Waals surface area contributed by atoms with E-state index in [4.69, 9.17) is 5.73 Å². The number of nitrogens with two attached hydrogens (primary N) is 1. The predicted molar refractivity (Wildman–Crippen MR) is 80.0 cm³/mol. The maximum absolute atomic E-state index is 14.0. The van der Waals surface area contributed by atoms with Crippen molar-refractivity contribution >= 4 is 10.9 Å². The van der Waals surface area contributed by atoms with Crippen molar-refractivity contribution in [2.45, 2.75) is 6.42 Å². The zero-order valence-corrected chi connectivity index (χ0v) is 11.9. The van der Waals surface area contributed by atoms with Gasteiger partial charge in [-0.2, -0.15) is 0 Å². The normalized spacial score (nSPS) is 11.1. The van der Waals surface area contributed by atoms with Crippen molar-refractivity contribution in [2.24, 2.45) is 5.73 Å². The Morgan fingerprint density at radius 2 is 1.83 bits per heavy atom. The highest BCUT2D eigenvalue weighted by atomic mass is 19.1. The van der Waals surface area contributed by atoms with Gasteiger partial charge in [0.05, 0.1) is 5.69 Å². The summed E-state index contributed by atoms with van der Waals surface area (Å²) in [7, 11) is 0. The van der Waals surface area contributed by atoms with Crippen molar-refractivity contribution in [3.8, 4) is 5.69 Å². The number of aromatic nitrogens is 2. The van der Waals surface area contributed by atoms with Crippen LogP contribution < -0.4 is 11.3 Å². The van der Waals surface area contributed by atoms with Crippen molar-refractivity contribution < 1.29 is 13.2 Å². The van der Waals surface area contributed by atoms with Gasteiger partial charge in [0.1, 0.15) is 34.2 Å². The van der Waals surface area contributed by atoms with Gasteiger partial charge in [0.15, 0.2) is 0 Å². The number of nitrogens with zero attached hydrogens (tertiary/aromatic N) is 2. The quantitative estimate of drug-likeness (QED) is 0.806. The molecule has 0 bridgehead atoms.